The van der Waals surface area contributed by atoms with E-state index in [1.165, 1.54) is 0 Å². The molecule has 6 rings (SSSR count). The smallest absolute Gasteiger partial charge is 0.338 e. The van der Waals surface area contributed by atoms with Crippen LogP contribution in [0.15, 0.2) is 103 Å². The molecular weight excluding hydrogens is 468 g/mol. The minimum Gasteiger partial charge on any atom is -0.455 e. The van der Waals surface area contributed by atoms with E-state index in [0.717, 1.165) is 6.42 Å². The first-order chi connectivity index (χ1) is 18.1. The summed E-state index contributed by atoms with van der Waals surface area (Å²) < 4.78 is 18.0. The highest BCUT2D eigenvalue weighted by atomic mass is 16.6. The van der Waals surface area contributed by atoms with Crippen molar-refractivity contribution in [1.82, 2.24) is 0 Å². The van der Waals surface area contributed by atoms with Gasteiger partial charge in [0.05, 0.1) is 16.7 Å². The fourth-order valence-electron chi connectivity index (χ4n) is 6.22. The summed E-state index contributed by atoms with van der Waals surface area (Å²) in [6.45, 7) is 0. The quantitative estimate of drug-likeness (QED) is 0.269. The molecule has 2 fully saturated rings. The Hall–Kier alpha value is -4.19. The monoisotopic (exact) mass is 494 g/mol. The highest BCUT2D eigenvalue weighted by molar-refractivity contribution is 5.91. The van der Waals surface area contributed by atoms with Gasteiger partial charge in [-0.2, -0.15) is 0 Å². The summed E-state index contributed by atoms with van der Waals surface area (Å²) in [5.41, 5.74) is 1.38. The van der Waals surface area contributed by atoms with Crippen LogP contribution in [0.1, 0.15) is 37.5 Å². The summed E-state index contributed by atoms with van der Waals surface area (Å²) in [6.07, 6.45) is 3.06. The number of hydrogen-bond donors (Lipinski definition) is 0. The topological polar surface area (TPSA) is 78.9 Å². The first-order valence-corrected chi connectivity index (χ1v) is 12.6. The van der Waals surface area contributed by atoms with Gasteiger partial charge in [0.1, 0.15) is 18.3 Å². The third-order valence-corrected chi connectivity index (χ3v) is 7.81. The second-order valence-electron chi connectivity index (χ2n) is 9.81. The Morgan fingerprint density at radius 3 is 1.46 bits per heavy atom. The van der Waals surface area contributed by atoms with E-state index in [-0.39, 0.29) is 29.6 Å². The van der Waals surface area contributed by atoms with Crippen molar-refractivity contribution in [3.05, 3.63) is 120 Å². The van der Waals surface area contributed by atoms with Gasteiger partial charge in [-0.15, -0.1) is 0 Å². The van der Waals surface area contributed by atoms with Gasteiger partial charge in [0, 0.05) is 17.8 Å². The molecule has 0 N–H and O–H groups in total. The van der Waals surface area contributed by atoms with Gasteiger partial charge in [-0.3, -0.25) is 0 Å². The van der Waals surface area contributed by atoms with E-state index in [2.05, 4.69) is 6.08 Å². The Morgan fingerprint density at radius 2 is 0.973 bits per heavy atom. The zero-order chi connectivity index (χ0) is 25.4. The predicted octanol–water partition coefficient (Wildman–Crippen LogP) is 5.12. The van der Waals surface area contributed by atoms with E-state index in [1.54, 1.807) is 72.8 Å². The average molecular weight is 495 g/mol. The van der Waals surface area contributed by atoms with Crippen LogP contribution in [0.25, 0.3) is 0 Å². The number of carbonyl (C=O) groups excluding carboxylic acids is 3. The van der Waals surface area contributed by atoms with Crippen molar-refractivity contribution in [2.75, 3.05) is 0 Å². The van der Waals surface area contributed by atoms with E-state index in [4.69, 9.17) is 14.2 Å². The van der Waals surface area contributed by atoms with E-state index in [9.17, 15) is 14.4 Å². The predicted molar refractivity (Wildman–Crippen MR) is 135 cm³/mol. The Balaban J connectivity index is 1.25. The number of hydrogen-bond acceptors (Lipinski definition) is 6. The summed E-state index contributed by atoms with van der Waals surface area (Å²) in [4.78, 5) is 38.8. The van der Waals surface area contributed by atoms with Gasteiger partial charge in [-0.05, 0) is 54.8 Å². The molecule has 0 aromatic heterocycles. The first-order valence-electron chi connectivity index (χ1n) is 12.6. The number of benzene rings is 3. The van der Waals surface area contributed by atoms with Crippen LogP contribution in [0, 0.1) is 23.7 Å². The van der Waals surface area contributed by atoms with Crippen molar-refractivity contribution >= 4 is 17.9 Å². The Morgan fingerprint density at radius 1 is 0.541 bits per heavy atom. The maximum atomic E-state index is 13.1. The number of fused-ring (bicyclic) bond motifs is 5. The van der Waals surface area contributed by atoms with Gasteiger partial charge in [-0.1, -0.05) is 60.7 Å². The molecule has 3 aliphatic carbocycles. The minimum absolute atomic E-state index is 0.0343. The highest BCUT2D eigenvalue weighted by Gasteiger charge is 2.64. The van der Waals surface area contributed by atoms with Crippen LogP contribution in [0.4, 0.5) is 0 Å². The second kappa shape index (κ2) is 9.69. The molecule has 2 bridgehead atoms. The summed E-state index contributed by atoms with van der Waals surface area (Å²) in [7, 11) is 0. The number of carbonyl (C=O) groups is 3. The average Bonchev–Trinajstić information content (AvgIpc) is 3.62. The highest BCUT2D eigenvalue weighted by Crippen LogP contribution is 2.59. The molecule has 0 saturated heterocycles. The van der Waals surface area contributed by atoms with Crippen molar-refractivity contribution in [2.24, 2.45) is 23.7 Å². The van der Waals surface area contributed by atoms with Gasteiger partial charge in [0.25, 0.3) is 0 Å². The van der Waals surface area contributed by atoms with Gasteiger partial charge < -0.3 is 14.2 Å². The molecule has 3 aromatic carbocycles. The third kappa shape index (κ3) is 4.33. The van der Waals surface area contributed by atoms with Crippen LogP contribution < -0.4 is 0 Å². The molecule has 3 aliphatic rings. The van der Waals surface area contributed by atoms with Crippen LogP contribution in [0.3, 0.4) is 0 Å². The molecule has 0 radical (unpaired) electrons. The van der Waals surface area contributed by atoms with Crippen LogP contribution in [-0.4, -0.2) is 36.2 Å². The first kappa shape index (κ1) is 23.2. The van der Waals surface area contributed by atoms with E-state index in [1.807, 2.05) is 24.3 Å². The van der Waals surface area contributed by atoms with E-state index in [0.29, 0.717) is 16.7 Å². The molecule has 6 nitrogen and oxygen atoms in total. The van der Waals surface area contributed by atoms with Crippen molar-refractivity contribution in [3.8, 4) is 0 Å². The maximum absolute atomic E-state index is 13.1. The van der Waals surface area contributed by atoms with Crippen molar-refractivity contribution in [2.45, 2.75) is 24.7 Å². The molecule has 0 amide bonds. The van der Waals surface area contributed by atoms with E-state index >= 15 is 0 Å². The molecule has 2 saturated carbocycles. The molecule has 0 aliphatic heterocycles. The lowest BCUT2D eigenvalue weighted by Crippen LogP contribution is -2.48. The zero-order valence-corrected chi connectivity index (χ0v) is 20.0. The lowest BCUT2D eigenvalue weighted by molar-refractivity contribution is -0.0856. The number of ether oxygens (including phenoxy) is 3. The fraction of sp³-hybridized carbons (Fsp3) is 0.258. The molecular formula is C31H26O6. The Kier molecular flexibility index (Phi) is 6.08. The molecule has 0 spiro atoms. The lowest BCUT2D eigenvalue weighted by atomic mass is 9.77. The maximum Gasteiger partial charge on any atom is 0.338 e. The van der Waals surface area contributed by atoms with Crippen molar-refractivity contribution in [3.63, 3.8) is 0 Å². The van der Waals surface area contributed by atoms with Crippen molar-refractivity contribution < 1.29 is 28.6 Å². The normalized spacial score (nSPS) is 28.9. The van der Waals surface area contributed by atoms with Gasteiger partial charge in [0.15, 0.2) is 0 Å². The molecule has 0 unspecified atom stereocenters. The fourth-order valence-corrected chi connectivity index (χ4v) is 6.22. The second-order valence-corrected chi connectivity index (χ2v) is 9.81. The summed E-state index contributed by atoms with van der Waals surface area (Å²) in [5, 5.41) is 0. The lowest BCUT2D eigenvalue weighted by Gasteiger charge is -2.38. The molecule has 3 aromatic rings. The van der Waals surface area contributed by atoms with Gasteiger partial charge >= 0.3 is 17.9 Å². The molecule has 6 heteroatoms. The summed E-state index contributed by atoms with van der Waals surface area (Å²) in [5.74, 6) is -1.41. The number of allylic oxidation sites excluding steroid dienone is 1. The zero-order valence-electron chi connectivity index (χ0n) is 20.0. The standard InChI is InChI=1S/C31H26O6/c32-29(19-10-4-1-5-11-19)35-25-17-16-22-23-18-24(26(22)25)28(37-31(34)21-14-8-3-9-15-21)27(23)36-30(33)20-12-6-2-7-13-20/h1-17,22-28H,18H2/t22-,23-,24+,25+,26-,27-,28+/m1/s1. The minimum atomic E-state index is -0.635. The molecule has 37 heavy (non-hydrogen) atoms. The largest absolute Gasteiger partial charge is 0.455 e. The summed E-state index contributed by atoms with van der Waals surface area (Å²) >= 11 is 0. The molecule has 186 valence electrons. The van der Waals surface area contributed by atoms with Crippen LogP contribution >= 0.6 is 0 Å². The Labute approximate surface area is 214 Å². The Bertz CT molecular complexity index is 1320. The number of rotatable bonds is 6. The third-order valence-electron chi connectivity index (χ3n) is 7.81. The number of esters is 3. The molecule has 7 atom stereocenters. The van der Waals surface area contributed by atoms with Gasteiger partial charge in [-0.25, -0.2) is 14.4 Å². The molecule has 0 heterocycles. The SMILES string of the molecule is O=C(O[C@@H]1[C@@H]2C[C@H]([C@@H]1OC(=O)c1ccccc1)[C@H]1[C@@H]2C=C[C@@H]1OC(=O)c1ccccc1)c1ccccc1. The summed E-state index contributed by atoms with van der Waals surface area (Å²) in [6, 6.07) is 26.5. The van der Waals surface area contributed by atoms with Crippen LogP contribution in [0.2, 0.25) is 0 Å². The van der Waals surface area contributed by atoms with Crippen LogP contribution in [0.5, 0.6) is 0 Å². The van der Waals surface area contributed by atoms with E-state index < -0.39 is 30.3 Å². The van der Waals surface area contributed by atoms with Crippen LogP contribution in [-0.2, 0) is 14.2 Å². The van der Waals surface area contributed by atoms with Gasteiger partial charge in [0.2, 0.25) is 0 Å². The van der Waals surface area contributed by atoms with Crippen molar-refractivity contribution in [1.29, 1.82) is 0 Å².